The molecule has 0 bridgehead atoms. The van der Waals surface area contributed by atoms with E-state index in [1.54, 1.807) is 6.08 Å². The maximum Gasteiger partial charge on any atom is 0.246 e. The molecule has 3 heteroatoms. The number of hydrogen-bond donors (Lipinski definition) is 0. The summed E-state index contributed by atoms with van der Waals surface area (Å²) in [7, 11) is -1.77. The van der Waals surface area contributed by atoms with Crippen molar-refractivity contribution in [3.05, 3.63) is 78.0 Å². The highest BCUT2D eigenvalue weighted by molar-refractivity contribution is 6.94. The SMILES string of the molecule is CC(C)(C)N(Cc1ccccc1)C(=O)/C=C/[Si](C)(C)c1ccccc1. The molecule has 0 saturated heterocycles. The van der Waals surface area contributed by atoms with E-state index < -0.39 is 8.07 Å². The molecule has 0 saturated carbocycles. The lowest BCUT2D eigenvalue weighted by Crippen LogP contribution is -2.45. The second kappa shape index (κ2) is 7.83. The van der Waals surface area contributed by atoms with Crippen molar-refractivity contribution < 1.29 is 4.79 Å². The van der Waals surface area contributed by atoms with E-state index in [9.17, 15) is 4.79 Å². The molecule has 0 aliphatic carbocycles. The highest BCUT2D eigenvalue weighted by Gasteiger charge is 2.26. The Kier molecular flexibility index (Phi) is 6.01. The Morgan fingerprint density at radius 1 is 0.960 bits per heavy atom. The molecular formula is C22H29NOSi. The zero-order valence-corrected chi connectivity index (χ0v) is 17.0. The van der Waals surface area contributed by atoms with Crippen molar-refractivity contribution >= 4 is 19.2 Å². The predicted molar refractivity (Wildman–Crippen MR) is 109 cm³/mol. The number of benzene rings is 2. The zero-order chi connectivity index (χ0) is 18.5. The largest absolute Gasteiger partial charge is 0.330 e. The average Bonchev–Trinajstić information content (AvgIpc) is 2.58. The number of amides is 1. The minimum Gasteiger partial charge on any atom is -0.330 e. The quantitative estimate of drug-likeness (QED) is 0.573. The second-order valence-electron chi connectivity index (χ2n) is 8.00. The van der Waals surface area contributed by atoms with Gasteiger partial charge in [0.05, 0.1) is 0 Å². The first-order valence-electron chi connectivity index (χ1n) is 8.80. The third kappa shape index (κ3) is 5.43. The monoisotopic (exact) mass is 351 g/mol. The lowest BCUT2D eigenvalue weighted by Gasteiger charge is -2.35. The van der Waals surface area contributed by atoms with Crippen molar-refractivity contribution in [2.75, 3.05) is 0 Å². The van der Waals surface area contributed by atoms with Crippen LogP contribution in [0.5, 0.6) is 0 Å². The van der Waals surface area contributed by atoms with Crippen molar-refractivity contribution in [2.45, 2.75) is 45.9 Å². The molecule has 2 rings (SSSR count). The summed E-state index contributed by atoms with van der Waals surface area (Å²) in [6.45, 7) is 11.4. The van der Waals surface area contributed by atoms with E-state index in [0.717, 1.165) is 5.56 Å². The Labute approximate surface area is 153 Å². The van der Waals surface area contributed by atoms with Crippen LogP contribution in [0.1, 0.15) is 26.3 Å². The summed E-state index contributed by atoms with van der Waals surface area (Å²) < 4.78 is 0. The van der Waals surface area contributed by atoms with Gasteiger partial charge in [-0.15, -0.1) is 0 Å². The topological polar surface area (TPSA) is 20.3 Å². The molecule has 0 atom stereocenters. The molecule has 0 radical (unpaired) electrons. The van der Waals surface area contributed by atoms with Crippen molar-refractivity contribution in [1.82, 2.24) is 4.90 Å². The smallest absolute Gasteiger partial charge is 0.246 e. The molecule has 0 aliphatic heterocycles. The Morgan fingerprint density at radius 2 is 1.48 bits per heavy atom. The second-order valence-corrected chi connectivity index (χ2v) is 12.4. The van der Waals surface area contributed by atoms with Crippen molar-refractivity contribution in [3.8, 4) is 0 Å². The average molecular weight is 352 g/mol. The van der Waals surface area contributed by atoms with E-state index in [1.165, 1.54) is 5.19 Å². The third-order valence-electron chi connectivity index (χ3n) is 4.42. The molecule has 2 nitrogen and oxygen atoms in total. The molecule has 0 fully saturated rings. The first-order chi connectivity index (χ1) is 11.7. The van der Waals surface area contributed by atoms with Gasteiger partial charge in [0.25, 0.3) is 0 Å². The van der Waals surface area contributed by atoms with Crippen LogP contribution in [-0.2, 0) is 11.3 Å². The van der Waals surface area contributed by atoms with E-state index in [1.807, 2.05) is 29.2 Å². The molecule has 2 aromatic carbocycles. The summed E-state index contributed by atoms with van der Waals surface area (Å²) in [6, 6.07) is 20.7. The van der Waals surface area contributed by atoms with Gasteiger partial charge in [0.1, 0.15) is 8.07 Å². The zero-order valence-electron chi connectivity index (χ0n) is 16.0. The maximum absolute atomic E-state index is 12.9. The van der Waals surface area contributed by atoms with Crippen LogP contribution >= 0.6 is 0 Å². The van der Waals surface area contributed by atoms with Gasteiger partial charge in [-0.3, -0.25) is 4.79 Å². The van der Waals surface area contributed by atoms with Crippen molar-refractivity contribution in [3.63, 3.8) is 0 Å². The Morgan fingerprint density at radius 3 is 2.00 bits per heavy atom. The van der Waals surface area contributed by atoms with Gasteiger partial charge in [-0.05, 0) is 32.4 Å². The molecule has 0 N–H and O–H groups in total. The summed E-state index contributed by atoms with van der Waals surface area (Å²) >= 11 is 0. The number of hydrogen-bond acceptors (Lipinski definition) is 1. The van der Waals surface area contributed by atoms with Gasteiger partial charge in [0.2, 0.25) is 5.91 Å². The predicted octanol–water partition coefficient (Wildman–Crippen LogP) is 4.52. The molecule has 25 heavy (non-hydrogen) atoms. The van der Waals surface area contributed by atoms with Gasteiger partial charge in [-0.25, -0.2) is 0 Å². The lowest BCUT2D eigenvalue weighted by atomic mass is 10.0. The fraction of sp³-hybridized carbons (Fsp3) is 0.318. The van der Waals surface area contributed by atoms with E-state index in [2.05, 4.69) is 76.0 Å². The molecule has 2 aromatic rings. The maximum atomic E-state index is 12.9. The highest BCUT2D eigenvalue weighted by atomic mass is 28.3. The fourth-order valence-electron chi connectivity index (χ4n) is 2.75. The molecule has 132 valence electrons. The normalized spacial score (nSPS) is 12.4. The van der Waals surface area contributed by atoms with Crippen molar-refractivity contribution in [1.29, 1.82) is 0 Å². The number of carbonyl (C=O) groups excluding carboxylic acids is 1. The number of nitrogens with zero attached hydrogens (tertiary/aromatic N) is 1. The summed E-state index contributed by atoms with van der Waals surface area (Å²) in [5, 5.41) is 1.34. The summed E-state index contributed by atoms with van der Waals surface area (Å²) in [5.74, 6) is 0.0767. The van der Waals surface area contributed by atoms with E-state index in [4.69, 9.17) is 0 Å². The van der Waals surface area contributed by atoms with Gasteiger partial charge in [-0.2, -0.15) is 0 Å². The molecule has 0 unspecified atom stereocenters. The Balaban J connectivity index is 2.19. The first-order valence-corrected chi connectivity index (χ1v) is 11.9. The molecule has 0 spiro atoms. The fourth-order valence-corrected chi connectivity index (χ4v) is 4.55. The first kappa shape index (κ1) is 19.2. The van der Waals surface area contributed by atoms with Crippen LogP contribution in [0.4, 0.5) is 0 Å². The van der Waals surface area contributed by atoms with E-state index >= 15 is 0 Å². The highest BCUT2D eigenvalue weighted by Crippen LogP contribution is 2.18. The Hall–Kier alpha value is -2.13. The Bertz CT molecular complexity index is 715. The summed E-state index contributed by atoms with van der Waals surface area (Å²) in [5.41, 5.74) is 3.07. The molecule has 0 aromatic heterocycles. The van der Waals surface area contributed by atoms with Crippen LogP contribution in [-0.4, -0.2) is 24.4 Å². The van der Waals surface area contributed by atoms with Gasteiger partial charge >= 0.3 is 0 Å². The van der Waals surface area contributed by atoms with Gasteiger partial charge in [0.15, 0.2) is 0 Å². The standard InChI is InChI=1S/C22H29NOSi/c1-22(2,3)23(18-19-12-8-6-9-13-19)21(24)16-17-25(4,5)20-14-10-7-11-15-20/h6-17H,18H2,1-5H3/b17-16+. The molecule has 0 aliphatic rings. The molecule has 1 amide bonds. The van der Waals surface area contributed by atoms with Crippen molar-refractivity contribution in [2.24, 2.45) is 0 Å². The molecular weight excluding hydrogens is 322 g/mol. The van der Waals surface area contributed by atoms with Crippen LogP contribution in [0.3, 0.4) is 0 Å². The van der Waals surface area contributed by atoms with Gasteiger partial charge in [0, 0.05) is 12.1 Å². The van der Waals surface area contributed by atoms with Crippen LogP contribution in [0.25, 0.3) is 0 Å². The number of rotatable bonds is 5. The lowest BCUT2D eigenvalue weighted by molar-refractivity contribution is -0.131. The van der Waals surface area contributed by atoms with Crippen LogP contribution in [0, 0.1) is 0 Å². The van der Waals surface area contributed by atoms with Gasteiger partial charge in [-0.1, -0.05) is 84.6 Å². The van der Waals surface area contributed by atoms with Gasteiger partial charge < -0.3 is 4.90 Å². The number of carbonyl (C=O) groups is 1. The molecule has 0 heterocycles. The van der Waals surface area contributed by atoms with E-state index in [0.29, 0.717) is 6.54 Å². The van der Waals surface area contributed by atoms with Crippen LogP contribution in [0.2, 0.25) is 13.1 Å². The third-order valence-corrected chi connectivity index (χ3v) is 7.24. The minimum atomic E-state index is -1.77. The summed E-state index contributed by atoms with van der Waals surface area (Å²) in [4.78, 5) is 14.9. The van der Waals surface area contributed by atoms with Crippen LogP contribution in [0.15, 0.2) is 72.4 Å². The van der Waals surface area contributed by atoms with Crippen LogP contribution < -0.4 is 5.19 Å². The van der Waals surface area contributed by atoms with E-state index in [-0.39, 0.29) is 11.4 Å². The minimum absolute atomic E-state index is 0.0767. The summed E-state index contributed by atoms with van der Waals surface area (Å²) in [6.07, 6.45) is 1.79.